The topological polar surface area (TPSA) is 124 Å². The molecular weight excluding hydrogens is 314 g/mol. The lowest BCUT2D eigenvalue weighted by molar-refractivity contribution is -0.127. The van der Waals surface area contributed by atoms with Crippen LogP contribution >= 0.6 is 0 Å². The first kappa shape index (κ1) is 17.1. The smallest absolute Gasteiger partial charge is 0.341 e. The molecule has 0 aliphatic carbocycles. The fourth-order valence-electron chi connectivity index (χ4n) is 1.91. The van der Waals surface area contributed by atoms with Gasteiger partial charge in [-0.25, -0.2) is 9.59 Å². The van der Waals surface area contributed by atoms with Crippen LogP contribution in [0.3, 0.4) is 0 Å². The van der Waals surface area contributed by atoms with Crippen molar-refractivity contribution >= 4 is 23.6 Å². The van der Waals surface area contributed by atoms with Crippen LogP contribution < -0.4 is 16.4 Å². The summed E-state index contributed by atoms with van der Waals surface area (Å²) in [5.41, 5.74) is 5.63. The first-order valence-corrected chi connectivity index (χ1v) is 7.14. The molecule has 2 aromatic rings. The van der Waals surface area contributed by atoms with Gasteiger partial charge in [0.1, 0.15) is 5.76 Å². The molecule has 4 N–H and O–H groups in total. The van der Waals surface area contributed by atoms with Crippen LogP contribution in [0.2, 0.25) is 0 Å². The van der Waals surface area contributed by atoms with Crippen LogP contribution in [0.5, 0.6) is 0 Å². The Kier molecular flexibility index (Phi) is 5.56. The number of hydrogen-bond acceptors (Lipinski definition) is 6. The maximum absolute atomic E-state index is 12.2. The average Bonchev–Trinajstić information content (AvgIpc) is 3.05. The molecule has 1 heterocycles. The largest absolute Gasteiger partial charge is 0.467 e. The van der Waals surface area contributed by atoms with Crippen LogP contribution in [0.25, 0.3) is 0 Å². The number of rotatable bonds is 6. The van der Waals surface area contributed by atoms with Crippen LogP contribution in [0, 0.1) is 0 Å². The van der Waals surface area contributed by atoms with Gasteiger partial charge in [-0.15, -0.1) is 0 Å². The molecular formula is C16H17N3O5. The quantitative estimate of drug-likeness (QED) is 0.691. The molecule has 1 aromatic heterocycles. The van der Waals surface area contributed by atoms with E-state index < -0.39 is 24.0 Å². The lowest BCUT2D eigenvalue weighted by Crippen LogP contribution is -2.42. The van der Waals surface area contributed by atoms with Crippen LogP contribution in [-0.2, 0) is 16.1 Å². The minimum absolute atomic E-state index is 0.253. The van der Waals surface area contributed by atoms with Crippen molar-refractivity contribution in [1.29, 1.82) is 0 Å². The maximum atomic E-state index is 12.2. The van der Waals surface area contributed by atoms with Gasteiger partial charge in [0.25, 0.3) is 5.91 Å². The molecule has 0 spiro atoms. The number of nitrogens with two attached hydrogens (primary N) is 1. The monoisotopic (exact) mass is 331 g/mol. The molecule has 0 fully saturated rings. The summed E-state index contributed by atoms with van der Waals surface area (Å²) in [4.78, 5) is 34.5. The Hall–Kier alpha value is -3.29. The molecule has 2 rings (SSSR count). The first-order valence-electron chi connectivity index (χ1n) is 7.14. The summed E-state index contributed by atoms with van der Waals surface area (Å²) in [5.74, 6) is -0.797. The molecule has 0 aliphatic rings. The van der Waals surface area contributed by atoms with E-state index in [2.05, 4.69) is 5.32 Å². The second-order valence-corrected chi connectivity index (χ2v) is 4.88. The molecule has 126 valence electrons. The van der Waals surface area contributed by atoms with Crippen LogP contribution in [-0.4, -0.2) is 24.0 Å². The zero-order valence-electron chi connectivity index (χ0n) is 12.9. The molecule has 0 saturated heterocycles. The summed E-state index contributed by atoms with van der Waals surface area (Å²) >= 11 is 0. The van der Waals surface area contributed by atoms with E-state index in [0.717, 1.165) is 0 Å². The first-order chi connectivity index (χ1) is 11.5. The number of hydrogen-bond donors (Lipinski definition) is 3. The highest BCUT2D eigenvalue weighted by Crippen LogP contribution is 2.18. The van der Waals surface area contributed by atoms with Crippen molar-refractivity contribution in [3.05, 3.63) is 54.0 Å². The number of carbonyl (C=O) groups excluding carboxylic acids is 3. The molecule has 1 atom stereocenters. The zero-order chi connectivity index (χ0) is 17.5. The van der Waals surface area contributed by atoms with E-state index in [1.54, 1.807) is 42.7 Å². The van der Waals surface area contributed by atoms with Crippen molar-refractivity contribution in [2.24, 2.45) is 5.73 Å². The molecule has 0 aliphatic heterocycles. The molecule has 0 bridgehead atoms. The highest BCUT2D eigenvalue weighted by atomic mass is 16.5. The summed E-state index contributed by atoms with van der Waals surface area (Å²) in [6.45, 7) is 1.73. The van der Waals surface area contributed by atoms with Crippen molar-refractivity contribution < 1.29 is 23.5 Å². The van der Waals surface area contributed by atoms with Gasteiger partial charge in [-0.05, 0) is 31.2 Å². The number of urea groups is 1. The van der Waals surface area contributed by atoms with E-state index >= 15 is 0 Å². The Balaban J connectivity index is 2.03. The third kappa shape index (κ3) is 4.60. The third-order valence-electron chi connectivity index (χ3n) is 3.08. The fraction of sp³-hybridized carbons (Fsp3) is 0.188. The molecule has 24 heavy (non-hydrogen) atoms. The van der Waals surface area contributed by atoms with Crippen molar-refractivity contribution in [1.82, 2.24) is 5.32 Å². The van der Waals surface area contributed by atoms with E-state index in [1.165, 1.54) is 6.92 Å². The van der Waals surface area contributed by atoms with Gasteiger partial charge in [-0.3, -0.25) is 10.1 Å². The molecule has 3 amide bonds. The van der Waals surface area contributed by atoms with Gasteiger partial charge in [0.15, 0.2) is 6.10 Å². The van der Waals surface area contributed by atoms with Crippen molar-refractivity contribution in [3.8, 4) is 0 Å². The van der Waals surface area contributed by atoms with Crippen molar-refractivity contribution in [2.75, 3.05) is 5.32 Å². The van der Waals surface area contributed by atoms with Crippen LogP contribution in [0.4, 0.5) is 10.5 Å². The van der Waals surface area contributed by atoms with Gasteiger partial charge in [0.05, 0.1) is 18.4 Å². The van der Waals surface area contributed by atoms with Crippen LogP contribution in [0.1, 0.15) is 23.0 Å². The van der Waals surface area contributed by atoms with Gasteiger partial charge in [0, 0.05) is 5.69 Å². The highest BCUT2D eigenvalue weighted by molar-refractivity contribution is 5.99. The lowest BCUT2D eigenvalue weighted by Gasteiger charge is -2.14. The summed E-state index contributed by atoms with van der Waals surface area (Å²) in [7, 11) is 0. The molecule has 8 heteroatoms. The predicted octanol–water partition coefficient (Wildman–Crippen LogP) is 1.63. The zero-order valence-corrected chi connectivity index (χ0v) is 12.9. The van der Waals surface area contributed by atoms with E-state index in [0.29, 0.717) is 18.0 Å². The summed E-state index contributed by atoms with van der Waals surface area (Å²) < 4.78 is 10.3. The summed E-state index contributed by atoms with van der Waals surface area (Å²) in [5, 5.41) is 4.91. The lowest BCUT2D eigenvalue weighted by atomic mass is 10.1. The van der Waals surface area contributed by atoms with Gasteiger partial charge < -0.3 is 20.2 Å². The van der Waals surface area contributed by atoms with Gasteiger partial charge >= 0.3 is 12.0 Å². The van der Waals surface area contributed by atoms with E-state index in [9.17, 15) is 14.4 Å². The standard InChI is InChI=1S/C16H17N3O5/c1-10(14(20)19-16(17)22)24-15(21)12-6-2-3-7-13(12)18-9-11-5-4-8-23-11/h2-8,10,18H,9H2,1H3,(H3,17,19,20,22)/t10-/m1/s1. The molecule has 0 saturated carbocycles. The number of ether oxygens (including phenoxy) is 1. The minimum atomic E-state index is -1.16. The van der Waals surface area contributed by atoms with Gasteiger partial charge in [-0.1, -0.05) is 12.1 Å². The number of amides is 3. The molecule has 0 unspecified atom stereocenters. The number of carbonyl (C=O) groups is 3. The normalized spacial score (nSPS) is 11.4. The second kappa shape index (κ2) is 7.82. The Bertz CT molecular complexity index is 727. The number of benzene rings is 1. The SMILES string of the molecule is C[C@@H](OC(=O)c1ccccc1NCc1ccco1)C(=O)NC(N)=O. The van der Waals surface area contributed by atoms with E-state index in [4.69, 9.17) is 14.9 Å². The fourth-order valence-corrected chi connectivity index (χ4v) is 1.91. The number of nitrogens with one attached hydrogen (secondary N) is 2. The summed E-state index contributed by atoms with van der Waals surface area (Å²) in [6.07, 6.45) is 0.388. The molecule has 8 nitrogen and oxygen atoms in total. The Morgan fingerprint density at radius 3 is 2.62 bits per heavy atom. The second-order valence-electron chi connectivity index (χ2n) is 4.88. The number of para-hydroxylation sites is 1. The van der Waals surface area contributed by atoms with Crippen molar-refractivity contribution in [2.45, 2.75) is 19.6 Å². The highest BCUT2D eigenvalue weighted by Gasteiger charge is 2.21. The number of anilines is 1. The molecule has 0 radical (unpaired) electrons. The Morgan fingerprint density at radius 2 is 1.96 bits per heavy atom. The Morgan fingerprint density at radius 1 is 1.21 bits per heavy atom. The van der Waals surface area contributed by atoms with Crippen molar-refractivity contribution in [3.63, 3.8) is 0 Å². The molecule has 1 aromatic carbocycles. The number of primary amides is 1. The Labute approximate surface area is 138 Å². The van der Waals surface area contributed by atoms with Gasteiger partial charge in [0.2, 0.25) is 0 Å². The number of esters is 1. The van der Waals surface area contributed by atoms with Crippen LogP contribution in [0.15, 0.2) is 47.1 Å². The number of furan rings is 1. The van der Waals surface area contributed by atoms with Gasteiger partial charge in [-0.2, -0.15) is 0 Å². The minimum Gasteiger partial charge on any atom is -0.467 e. The summed E-state index contributed by atoms with van der Waals surface area (Å²) in [6, 6.07) is 9.23. The van der Waals surface area contributed by atoms with E-state index in [1.807, 2.05) is 5.32 Å². The van der Waals surface area contributed by atoms with E-state index in [-0.39, 0.29) is 5.56 Å². The predicted molar refractivity (Wildman–Crippen MR) is 85.1 cm³/mol. The maximum Gasteiger partial charge on any atom is 0.341 e. The average molecular weight is 331 g/mol. The number of imide groups is 1. The third-order valence-corrected chi connectivity index (χ3v) is 3.08.